The number of hydrogen-bond acceptors (Lipinski definition) is 3. The molecule has 19 heavy (non-hydrogen) atoms. The number of likely N-dealkylation sites (tertiary alicyclic amines) is 1. The van der Waals surface area contributed by atoms with E-state index < -0.39 is 0 Å². The molecule has 0 aliphatic carbocycles. The molecule has 0 radical (unpaired) electrons. The van der Waals surface area contributed by atoms with Gasteiger partial charge in [0.15, 0.2) is 0 Å². The van der Waals surface area contributed by atoms with E-state index in [4.69, 9.17) is 0 Å². The molecule has 2 amide bonds. The smallest absolute Gasteiger partial charge is 0.224 e. The lowest BCUT2D eigenvalue weighted by atomic mass is 9.96. The van der Waals surface area contributed by atoms with Crippen LogP contribution in [0.3, 0.4) is 0 Å². The van der Waals surface area contributed by atoms with Crippen molar-refractivity contribution < 1.29 is 9.59 Å². The molecule has 2 aliphatic heterocycles. The second-order valence-corrected chi connectivity index (χ2v) is 5.29. The molecule has 2 N–H and O–H groups in total. The zero-order valence-corrected chi connectivity index (χ0v) is 12.3. The van der Waals surface area contributed by atoms with Gasteiger partial charge in [-0.05, 0) is 32.2 Å². The summed E-state index contributed by atoms with van der Waals surface area (Å²) in [7, 11) is 1.66. The summed E-state index contributed by atoms with van der Waals surface area (Å²) >= 11 is 0. The predicted octanol–water partition coefficient (Wildman–Crippen LogP) is 0.535. The molecule has 110 valence electrons. The van der Waals surface area contributed by atoms with Crippen molar-refractivity contribution in [2.24, 2.45) is 5.92 Å². The average molecular weight is 290 g/mol. The Kier molecular flexibility index (Phi) is 6.58. The van der Waals surface area contributed by atoms with Gasteiger partial charge < -0.3 is 15.5 Å². The largest absolute Gasteiger partial charge is 0.359 e. The summed E-state index contributed by atoms with van der Waals surface area (Å²) in [6.07, 6.45) is 4.67. The minimum atomic E-state index is -0.0239. The van der Waals surface area contributed by atoms with Gasteiger partial charge in [-0.1, -0.05) is 0 Å². The Labute approximate surface area is 120 Å². The van der Waals surface area contributed by atoms with Crippen LogP contribution in [0.4, 0.5) is 0 Å². The zero-order valence-electron chi connectivity index (χ0n) is 11.5. The van der Waals surface area contributed by atoms with Crippen LogP contribution in [0.5, 0.6) is 0 Å². The third kappa shape index (κ3) is 4.35. The number of piperidine rings is 1. The Morgan fingerprint density at radius 2 is 2.11 bits per heavy atom. The molecule has 2 saturated heterocycles. The molecule has 0 aromatic heterocycles. The topological polar surface area (TPSA) is 61.4 Å². The van der Waals surface area contributed by atoms with Gasteiger partial charge in [0.2, 0.25) is 11.8 Å². The number of hydrogen-bond donors (Lipinski definition) is 2. The predicted molar refractivity (Wildman–Crippen MR) is 76.3 cm³/mol. The lowest BCUT2D eigenvalue weighted by molar-refractivity contribution is -0.135. The van der Waals surface area contributed by atoms with Gasteiger partial charge in [0.05, 0.1) is 5.92 Å². The molecule has 0 bridgehead atoms. The summed E-state index contributed by atoms with van der Waals surface area (Å²) in [4.78, 5) is 25.6. The molecule has 2 unspecified atom stereocenters. The maximum absolute atomic E-state index is 12.2. The van der Waals surface area contributed by atoms with E-state index in [0.717, 1.165) is 32.4 Å². The fraction of sp³-hybridized carbons (Fsp3) is 0.846. The normalized spacial score (nSPS) is 26.7. The Balaban J connectivity index is 0.00000180. The number of amides is 2. The van der Waals surface area contributed by atoms with E-state index in [9.17, 15) is 9.59 Å². The fourth-order valence-corrected chi connectivity index (χ4v) is 2.89. The molecule has 0 aromatic rings. The molecule has 6 heteroatoms. The number of carbonyl (C=O) groups is 2. The lowest BCUT2D eigenvalue weighted by Crippen LogP contribution is -2.46. The van der Waals surface area contributed by atoms with E-state index in [1.165, 1.54) is 6.42 Å². The number of rotatable bonds is 3. The van der Waals surface area contributed by atoms with Crippen molar-refractivity contribution in [2.75, 3.05) is 26.7 Å². The first-order valence-corrected chi connectivity index (χ1v) is 6.93. The average Bonchev–Trinajstić information content (AvgIpc) is 2.90. The zero-order chi connectivity index (χ0) is 13.0. The number of carbonyl (C=O) groups excluding carboxylic acids is 2. The van der Waals surface area contributed by atoms with Gasteiger partial charge in [0.1, 0.15) is 0 Å². The van der Waals surface area contributed by atoms with Crippen LogP contribution in [-0.2, 0) is 9.59 Å². The Morgan fingerprint density at radius 1 is 1.32 bits per heavy atom. The van der Waals surface area contributed by atoms with Gasteiger partial charge >= 0.3 is 0 Å². The molecule has 2 fully saturated rings. The Hall–Kier alpha value is -0.810. The van der Waals surface area contributed by atoms with E-state index in [2.05, 4.69) is 10.6 Å². The minimum absolute atomic E-state index is 0. The van der Waals surface area contributed by atoms with Crippen LogP contribution >= 0.6 is 12.4 Å². The van der Waals surface area contributed by atoms with Crippen LogP contribution in [0, 0.1) is 5.92 Å². The summed E-state index contributed by atoms with van der Waals surface area (Å²) in [6.45, 7) is 2.42. The second kappa shape index (κ2) is 7.70. The Bertz CT molecular complexity index is 319. The van der Waals surface area contributed by atoms with E-state index in [1.807, 2.05) is 4.90 Å². The maximum Gasteiger partial charge on any atom is 0.224 e. The summed E-state index contributed by atoms with van der Waals surface area (Å²) in [6, 6.07) is 0.345. The molecule has 0 aromatic carbocycles. The van der Waals surface area contributed by atoms with Crippen LogP contribution in [0.2, 0.25) is 0 Å². The molecule has 2 heterocycles. The summed E-state index contributed by atoms with van der Waals surface area (Å²) in [5, 5.41) is 6.02. The molecule has 2 aliphatic rings. The molecular formula is C13H24ClN3O2. The van der Waals surface area contributed by atoms with E-state index in [0.29, 0.717) is 19.0 Å². The summed E-state index contributed by atoms with van der Waals surface area (Å²) < 4.78 is 0. The van der Waals surface area contributed by atoms with Crippen molar-refractivity contribution in [3.05, 3.63) is 0 Å². The molecular weight excluding hydrogens is 266 g/mol. The summed E-state index contributed by atoms with van der Waals surface area (Å²) in [5.41, 5.74) is 0. The third-order valence-electron chi connectivity index (χ3n) is 3.97. The van der Waals surface area contributed by atoms with Gasteiger partial charge in [-0.3, -0.25) is 9.59 Å². The van der Waals surface area contributed by atoms with Crippen LogP contribution in [-0.4, -0.2) is 49.4 Å². The number of nitrogens with zero attached hydrogens (tertiary/aromatic N) is 1. The first-order chi connectivity index (χ1) is 8.70. The highest BCUT2D eigenvalue weighted by Crippen LogP contribution is 2.19. The van der Waals surface area contributed by atoms with Crippen LogP contribution in [0.15, 0.2) is 0 Å². The van der Waals surface area contributed by atoms with E-state index in [-0.39, 0.29) is 30.1 Å². The molecule has 2 atom stereocenters. The van der Waals surface area contributed by atoms with E-state index in [1.54, 1.807) is 7.05 Å². The SMILES string of the molecule is CNC(=O)C1CCCN(C(=O)CC2CCCN2)C1.Cl. The number of nitrogens with one attached hydrogen (secondary N) is 2. The van der Waals surface area contributed by atoms with Crippen molar-refractivity contribution in [1.29, 1.82) is 0 Å². The second-order valence-electron chi connectivity index (χ2n) is 5.29. The molecule has 0 saturated carbocycles. The van der Waals surface area contributed by atoms with Gasteiger partial charge in [-0.2, -0.15) is 0 Å². The standard InChI is InChI=1S/C13H23N3O2.ClH/c1-14-13(18)10-4-3-7-16(9-10)12(17)8-11-5-2-6-15-11;/h10-11,15H,2-9H2,1H3,(H,14,18);1H. The molecule has 2 rings (SSSR count). The Morgan fingerprint density at radius 3 is 2.74 bits per heavy atom. The van der Waals surface area contributed by atoms with Gasteiger partial charge in [0, 0.05) is 32.6 Å². The van der Waals surface area contributed by atoms with Gasteiger partial charge in [0.25, 0.3) is 0 Å². The fourth-order valence-electron chi connectivity index (χ4n) is 2.89. The highest BCUT2D eigenvalue weighted by atomic mass is 35.5. The quantitative estimate of drug-likeness (QED) is 0.797. The summed E-state index contributed by atoms with van der Waals surface area (Å²) in [5.74, 6) is 0.235. The maximum atomic E-state index is 12.2. The van der Waals surface area contributed by atoms with Crippen LogP contribution in [0.25, 0.3) is 0 Å². The monoisotopic (exact) mass is 289 g/mol. The van der Waals surface area contributed by atoms with Crippen molar-refractivity contribution >= 4 is 24.2 Å². The van der Waals surface area contributed by atoms with Crippen molar-refractivity contribution in [1.82, 2.24) is 15.5 Å². The highest BCUT2D eigenvalue weighted by Gasteiger charge is 2.29. The minimum Gasteiger partial charge on any atom is -0.359 e. The van der Waals surface area contributed by atoms with Gasteiger partial charge in [-0.25, -0.2) is 0 Å². The van der Waals surface area contributed by atoms with E-state index >= 15 is 0 Å². The van der Waals surface area contributed by atoms with Crippen LogP contribution < -0.4 is 10.6 Å². The van der Waals surface area contributed by atoms with Gasteiger partial charge in [-0.15, -0.1) is 12.4 Å². The van der Waals surface area contributed by atoms with Crippen LogP contribution in [0.1, 0.15) is 32.1 Å². The first-order valence-electron chi connectivity index (χ1n) is 6.93. The van der Waals surface area contributed by atoms with Crippen molar-refractivity contribution in [3.63, 3.8) is 0 Å². The number of halogens is 1. The van der Waals surface area contributed by atoms with Crippen molar-refractivity contribution in [3.8, 4) is 0 Å². The highest BCUT2D eigenvalue weighted by molar-refractivity contribution is 5.85. The first kappa shape index (κ1) is 16.2. The molecule has 0 spiro atoms. The lowest BCUT2D eigenvalue weighted by Gasteiger charge is -2.32. The van der Waals surface area contributed by atoms with Crippen molar-refractivity contribution in [2.45, 2.75) is 38.1 Å². The molecule has 5 nitrogen and oxygen atoms in total. The third-order valence-corrected chi connectivity index (χ3v) is 3.97.